The molecular formula is C13H22OSi2. The van der Waals surface area contributed by atoms with Crippen LogP contribution in [0.1, 0.15) is 10.4 Å². The van der Waals surface area contributed by atoms with Crippen LogP contribution in [0.2, 0.25) is 39.3 Å². The molecule has 0 saturated heterocycles. The minimum absolute atomic E-state index is 0.987. The van der Waals surface area contributed by atoms with Crippen molar-refractivity contribution in [2.24, 2.45) is 0 Å². The Labute approximate surface area is 101 Å². The molecule has 0 aliphatic heterocycles. The monoisotopic (exact) mass is 250 g/mol. The predicted octanol–water partition coefficient (Wildman–Crippen LogP) is 2.59. The average Bonchev–Trinajstić information content (AvgIpc) is 2.13. The first-order valence-electron chi connectivity index (χ1n) is 5.77. The summed E-state index contributed by atoms with van der Waals surface area (Å²) in [6, 6.07) is 6.40. The standard InChI is InChI=1S/C13H22OSi2/c1-15(2,3)12-8-7-9-13(11(12)10-14)16(4,5)6/h7-10H,1-6H3. The van der Waals surface area contributed by atoms with Gasteiger partial charge in [0.15, 0.2) is 0 Å². The smallest absolute Gasteiger partial charge is 0.149 e. The summed E-state index contributed by atoms with van der Waals surface area (Å²) in [6.07, 6.45) is 1.07. The van der Waals surface area contributed by atoms with E-state index in [1.165, 1.54) is 10.4 Å². The second-order valence-electron chi connectivity index (χ2n) is 6.38. The molecule has 1 rings (SSSR count). The number of carbonyl (C=O) groups excluding carboxylic acids is 1. The third-order valence-corrected chi connectivity index (χ3v) is 6.94. The molecule has 0 heterocycles. The molecule has 0 unspecified atom stereocenters. The van der Waals surface area contributed by atoms with Crippen LogP contribution in [0.3, 0.4) is 0 Å². The third kappa shape index (κ3) is 2.71. The fourth-order valence-corrected chi connectivity index (χ4v) is 5.32. The maximum absolute atomic E-state index is 11.4. The Hall–Kier alpha value is -0.676. The lowest BCUT2D eigenvalue weighted by atomic mass is 10.2. The van der Waals surface area contributed by atoms with Crippen molar-refractivity contribution in [1.29, 1.82) is 0 Å². The summed E-state index contributed by atoms with van der Waals surface area (Å²) in [7, 11) is -2.84. The van der Waals surface area contributed by atoms with Crippen LogP contribution in [-0.4, -0.2) is 22.4 Å². The number of rotatable bonds is 3. The van der Waals surface area contributed by atoms with Gasteiger partial charge in [0.25, 0.3) is 0 Å². The van der Waals surface area contributed by atoms with Gasteiger partial charge in [-0.2, -0.15) is 0 Å². The van der Waals surface area contributed by atoms with Crippen LogP contribution in [0, 0.1) is 0 Å². The second kappa shape index (κ2) is 4.30. The zero-order chi connectivity index (χ0) is 12.6. The van der Waals surface area contributed by atoms with Crippen molar-refractivity contribution in [2.45, 2.75) is 39.3 Å². The molecule has 0 atom stereocenters. The van der Waals surface area contributed by atoms with E-state index in [9.17, 15) is 4.79 Å². The minimum atomic E-state index is -1.42. The van der Waals surface area contributed by atoms with E-state index in [4.69, 9.17) is 0 Å². The van der Waals surface area contributed by atoms with Gasteiger partial charge < -0.3 is 0 Å². The molecule has 0 bridgehead atoms. The summed E-state index contributed by atoms with van der Waals surface area (Å²) in [5.74, 6) is 0. The van der Waals surface area contributed by atoms with E-state index in [0.29, 0.717) is 0 Å². The molecule has 0 aliphatic carbocycles. The van der Waals surface area contributed by atoms with E-state index < -0.39 is 16.1 Å². The van der Waals surface area contributed by atoms with Gasteiger partial charge in [-0.1, -0.05) is 57.5 Å². The van der Waals surface area contributed by atoms with Gasteiger partial charge >= 0.3 is 0 Å². The fourth-order valence-electron chi connectivity index (χ4n) is 2.00. The van der Waals surface area contributed by atoms with E-state index in [1.54, 1.807) is 0 Å². The molecule has 0 fully saturated rings. The van der Waals surface area contributed by atoms with Crippen LogP contribution in [0.15, 0.2) is 18.2 Å². The Balaban J connectivity index is 3.51. The predicted molar refractivity (Wildman–Crippen MR) is 77.8 cm³/mol. The first-order chi connectivity index (χ1) is 7.18. The van der Waals surface area contributed by atoms with E-state index >= 15 is 0 Å². The molecule has 0 radical (unpaired) electrons. The lowest BCUT2D eigenvalue weighted by Gasteiger charge is -2.25. The lowest BCUT2D eigenvalue weighted by molar-refractivity contribution is 0.112. The van der Waals surface area contributed by atoms with Gasteiger partial charge in [-0.05, 0) is 10.4 Å². The molecule has 3 heteroatoms. The zero-order valence-corrected chi connectivity index (χ0v) is 13.2. The van der Waals surface area contributed by atoms with Crippen molar-refractivity contribution in [1.82, 2.24) is 0 Å². The van der Waals surface area contributed by atoms with Gasteiger partial charge in [-0.15, -0.1) is 0 Å². The molecule has 0 aliphatic rings. The number of carbonyl (C=O) groups is 1. The van der Waals surface area contributed by atoms with Crippen LogP contribution >= 0.6 is 0 Å². The van der Waals surface area contributed by atoms with Gasteiger partial charge in [-0.25, -0.2) is 0 Å². The summed E-state index contributed by atoms with van der Waals surface area (Å²) in [5, 5.41) is 2.62. The number of hydrogen-bond donors (Lipinski definition) is 0. The first-order valence-corrected chi connectivity index (χ1v) is 12.8. The van der Waals surface area contributed by atoms with Gasteiger partial charge in [0.05, 0.1) is 16.1 Å². The highest BCUT2D eigenvalue weighted by Gasteiger charge is 2.26. The maximum Gasteiger partial charge on any atom is 0.149 e. The Morgan fingerprint density at radius 3 is 1.50 bits per heavy atom. The number of benzene rings is 1. The highest BCUT2D eigenvalue weighted by atomic mass is 28.3. The molecular weight excluding hydrogens is 228 g/mol. The lowest BCUT2D eigenvalue weighted by Crippen LogP contribution is -2.49. The van der Waals surface area contributed by atoms with Crippen molar-refractivity contribution in [3.8, 4) is 0 Å². The van der Waals surface area contributed by atoms with Crippen LogP contribution < -0.4 is 10.4 Å². The molecule has 16 heavy (non-hydrogen) atoms. The molecule has 88 valence electrons. The Morgan fingerprint density at radius 1 is 0.875 bits per heavy atom. The van der Waals surface area contributed by atoms with E-state index in [-0.39, 0.29) is 0 Å². The molecule has 0 saturated carbocycles. The fraction of sp³-hybridized carbons (Fsp3) is 0.462. The van der Waals surface area contributed by atoms with Crippen LogP contribution in [0.25, 0.3) is 0 Å². The SMILES string of the molecule is C[Si](C)(C)c1cccc([Si](C)(C)C)c1C=O. The largest absolute Gasteiger partial charge is 0.298 e. The quantitative estimate of drug-likeness (QED) is 0.595. The molecule has 0 spiro atoms. The third-order valence-electron chi connectivity index (χ3n) is 2.84. The van der Waals surface area contributed by atoms with Crippen molar-refractivity contribution < 1.29 is 4.79 Å². The Morgan fingerprint density at radius 2 is 1.25 bits per heavy atom. The first kappa shape index (κ1) is 13.4. The molecule has 1 nitrogen and oxygen atoms in total. The maximum atomic E-state index is 11.4. The molecule has 0 aromatic heterocycles. The molecule has 0 amide bonds. The zero-order valence-electron chi connectivity index (χ0n) is 11.2. The van der Waals surface area contributed by atoms with Crippen molar-refractivity contribution in [3.05, 3.63) is 23.8 Å². The molecule has 1 aromatic carbocycles. The normalized spacial score (nSPS) is 12.6. The highest BCUT2D eigenvalue weighted by molar-refractivity contribution is 6.92. The Kier molecular flexibility index (Phi) is 3.60. The van der Waals surface area contributed by atoms with Crippen LogP contribution in [0.5, 0.6) is 0 Å². The summed E-state index contributed by atoms with van der Waals surface area (Å²) in [6.45, 7) is 13.8. The summed E-state index contributed by atoms with van der Waals surface area (Å²) in [4.78, 5) is 11.4. The van der Waals surface area contributed by atoms with Gasteiger partial charge in [0.2, 0.25) is 0 Å². The number of hydrogen-bond acceptors (Lipinski definition) is 1. The molecule has 0 N–H and O–H groups in total. The highest BCUT2D eigenvalue weighted by Crippen LogP contribution is 2.09. The summed E-state index contributed by atoms with van der Waals surface area (Å²) in [5.41, 5.74) is 0.987. The Bertz CT molecular complexity index is 365. The average molecular weight is 250 g/mol. The van der Waals surface area contributed by atoms with E-state index in [1.807, 2.05) is 0 Å². The van der Waals surface area contributed by atoms with Gasteiger partial charge in [0, 0.05) is 5.56 Å². The second-order valence-corrected chi connectivity index (χ2v) is 16.5. The summed E-state index contributed by atoms with van der Waals surface area (Å²) >= 11 is 0. The summed E-state index contributed by atoms with van der Waals surface area (Å²) < 4.78 is 0. The van der Waals surface area contributed by atoms with Crippen molar-refractivity contribution in [3.63, 3.8) is 0 Å². The topological polar surface area (TPSA) is 17.1 Å². The van der Waals surface area contributed by atoms with Gasteiger partial charge in [0.1, 0.15) is 6.29 Å². The van der Waals surface area contributed by atoms with Crippen LogP contribution in [-0.2, 0) is 0 Å². The van der Waals surface area contributed by atoms with Crippen molar-refractivity contribution >= 4 is 32.8 Å². The number of aldehydes is 1. The van der Waals surface area contributed by atoms with Crippen molar-refractivity contribution in [2.75, 3.05) is 0 Å². The van der Waals surface area contributed by atoms with Crippen LogP contribution in [0.4, 0.5) is 0 Å². The van der Waals surface area contributed by atoms with Gasteiger partial charge in [-0.3, -0.25) is 4.79 Å². The van der Waals surface area contributed by atoms with E-state index in [2.05, 4.69) is 57.5 Å². The van der Waals surface area contributed by atoms with E-state index in [0.717, 1.165) is 11.8 Å². The minimum Gasteiger partial charge on any atom is -0.298 e. The molecule has 1 aromatic rings.